The van der Waals surface area contributed by atoms with Crippen LogP contribution in [0.25, 0.3) is 10.2 Å². The normalized spacial score (nSPS) is 24.3. The number of rotatable bonds is 2. The molecule has 2 aromatic rings. The molecule has 1 amide bonds. The predicted molar refractivity (Wildman–Crippen MR) is 69.3 cm³/mol. The van der Waals surface area contributed by atoms with Gasteiger partial charge in [0.1, 0.15) is 5.69 Å². The number of amides is 1. The molecular formula is C12H15N3OS. The first-order chi connectivity index (χ1) is 8.22. The lowest BCUT2D eigenvalue weighted by Crippen LogP contribution is -2.34. The van der Waals surface area contributed by atoms with E-state index in [1.807, 2.05) is 17.5 Å². The summed E-state index contributed by atoms with van der Waals surface area (Å²) in [5, 5.41) is 5.04. The van der Waals surface area contributed by atoms with Gasteiger partial charge in [0.25, 0.3) is 5.91 Å². The minimum atomic E-state index is -0.0208. The second-order valence-corrected chi connectivity index (χ2v) is 5.57. The van der Waals surface area contributed by atoms with E-state index < -0.39 is 0 Å². The highest BCUT2D eigenvalue weighted by Crippen LogP contribution is 2.22. The third kappa shape index (κ3) is 2.08. The lowest BCUT2D eigenvalue weighted by Gasteiger charge is -2.11. The van der Waals surface area contributed by atoms with Crippen LogP contribution in [0.4, 0.5) is 0 Å². The first kappa shape index (κ1) is 10.8. The van der Waals surface area contributed by atoms with E-state index in [2.05, 4.69) is 10.3 Å². The van der Waals surface area contributed by atoms with Gasteiger partial charge in [-0.2, -0.15) is 0 Å². The first-order valence-electron chi connectivity index (χ1n) is 5.85. The molecule has 1 saturated carbocycles. The van der Waals surface area contributed by atoms with E-state index in [1.54, 1.807) is 11.3 Å². The van der Waals surface area contributed by atoms with Gasteiger partial charge < -0.3 is 16.0 Å². The average Bonchev–Trinajstić information content (AvgIpc) is 2.92. The number of thiophene rings is 1. The van der Waals surface area contributed by atoms with Crippen LogP contribution >= 0.6 is 11.3 Å². The van der Waals surface area contributed by atoms with Crippen LogP contribution in [-0.4, -0.2) is 23.0 Å². The molecule has 1 aliphatic rings. The van der Waals surface area contributed by atoms with E-state index in [-0.39, 0.29) is 18.0 Å². The molecule has 1 aliphatic carbocycles. The number of hydrogen-bond donors (Lipinski definition) is 3. The Morgan fingerprint density at radius 2 is 2.41 bits per heavy atom. The molecule has 2 atom stereocenters. The maximum absolute atomic E-state index is 12.0. The number of fused-ring (bicyclic) bond motifs is 1. The van der Waals surface area contributed by atoms with Gasteiger partial charge in [0.05, 0.1) is 10.2 Å². The molecule has 4 nitrogen and oxygen atoms in total. The average molecular weight is 249 g/mol. The topological polar surface area (TPSA) is 70.9 Å². The predicted octanol–water partition coefficient (Wildman–Crippen LogP) is 1.84. The van der Waals surface area contributed by atoms with Crippen molar-refractivity contribution in [3.63, 3.8) is 0 Å². The van der Waals surface area contributed by atoms with Crippen molar-refractivity contribution in [3.05, 3.63) is 23.2 Å². The molecule has 17 heavy (non-hydrogen) atoms. The molecule has 0 spiro atoms. The molecule has 5 heteroatoms. The van der Waals surface area contributed by atoms with Gasteiger partial charge in [-0.05, 0) is 36.8 Å². The summed E-state index contributed by atoms with van der Waals surface area (Å²) in [4.78, 5) is 15.1. The first-order valence-corrected chi connectivity index (χ1v) is 6.73. The highest BCUT2D eigenvalue weighted by molar-refractivity contribution is 7.17. The number of carbonyl (C=O) groups is 1. The maximum Gasteiger partial charge on any atom is 0.267 e. The fourth-order valence-electron chi connectivity index (χ4n) is 2.38. The molecule has 0 aliphatic heterocycles. The van der Waals surface area contributed by atoms with Crippen molar-refractivity contribution in [1.29, 1.82) is 0 Å². The monoisotopic (exact) mass is 249 g/mol. The Hall–Kier alpha value is -1.33. The molecular weight excluding hydrogens is 234 g/mol. The van der Waals surface area contributed by atoms with E-state index in [1.165, 1.54) is 0 Å². The standard InChI is InChI=1S/C12H15N3OS/c13-7-1-2-8(5-7)14-12(16)10-6-11-9(15-10)3-4-17-11/h3-4,6-8,15H,1-2,5,13H2,(H,14,16)/t7-,8-/m1/s1. The summed E-state index contributed by atoms with van der Waals surface area (Å²) in [5.74, 6) is -0.0208. The van der Waals surface area contributed by atoms with Gasteiger partial charge in [-0.1, -0.05) is 0 Å². The zero-order valence-electron chi connectivity index (χ0n) is 9.40. The van der Waals surface area contributed by atoms with Crippen LogP contribution in [0.15, 0.2) is 17.5 Å². The number of nitrogens with one attached hydrogen (secondary N) is 2. The van der Waals surface area contributed by atoms with Crippen molar-refractivity contribution < 1.29 is 4.79 Å². The lowest BCUT2D eigenvalue weighted by molar-refractivity contribution is 0.0933. The Morgan fingerprint density at radius 1 is 1.53 bits per heavy atom. The van der Waals surface area contributed by atoms with E-state index in [0.29, 0.717) is 5.69 Å². The number of carbonyl (C=O) groups excluding carboxylic acids is 1. The summed E-state index contributed by atoms with van der Waals surface area (Å²) < 4.78 is 1.12. The number of nitrogens with two attached hydrogens (primary N) is 1. The molecule has 0 aromatic carbocycles. The number of aromatic nitrogens is 1. The van der Waals surface area contributed by atoms with E-state index in [4.69, 9.17) is 5.73 Å². The van der Waals surface area contributed by atoms with Crippen molar-refractivity contribution in [2.75, 3.05) is 0 Å². The number of H-pyrrole nitrogens is 1. The van der Waals surface area contributed by atoms with Gasteiger partial charge >= 0.3 is 0 Å². The summed E-state index contributed by atoms with van der Waals surface area (Å²) in [6, 6.07) is 4.37. The fourth-order valence-corrected chi connectivity index (χ4v) is 3.16. The highest BCUT2D eigenvalue weighted by Gasteiger charge is 2.24. The van der Waals surface area contributed by atoms with Crippen molar-refractivity contribution in [3.8, 4) is 0 Å². The van der Waals surface area contributed by atoms with Gasteiger partial charge in [-0.15, -0.1) is 11.3 Å². The molecule has 1 fully saturated rings. The Balaban J connectivity index is 1.71. The van der Waals surface area contributed by atoms with Gasteiger partial charge in [-0.25, -0.2) is 0 Å². The van der Waals surface area contributed by atoms with E-state index in [9.17, 15) is 4.79 Å². The molecule has 0 bridgehead atoms. The fraction of sp³-hybridized carbons (Fsp3) is 0.417. The molecule has 3 rings (SSSR count). The minimum Gasteiger partial charge on any atom is -0.350 e. The van der Waals surface area contributed by atoms with Gasteiger partial charge in [0.15, 0.2) is 0 Å². The van der Waals surface area contributed by atoms with Crippen LogP contribution in [0, 0.1) is 0 Å². The highest BCUT2D eigenvalue weighted by atomic mass is 32.1. The molecule has 2 aromatic heterocycles. The smallest absolute Gasteiger partial charge is 0.267 e. The van der Waals surface area contributed by atoms with Crippen molar-refractivity contribution in [1.82, 2.24) is 10.3 Å². The molecule has 90 valence electrons. The van der Waals surface area contributed by atoms with Crippen LogP contribution in [-0.2, 0) is 0 Å². The minimum absolute atomic E-state index is 0.0208. The zero-order chi connectivity index (χ0) is 11.8. The van der Waals surface area contributed by atoms with Crippen LogP contribution in [0.5, 0.6) is 0 Å². The Bertz CT molecular complexity index is 516. The van der Waals surface area contributed by atoms with E-state index >= 15 is 0 Å². The molecule has 2 heterocycles. The third-order valence-corrected chi connectivity index (χ3v) is 4.16. The van der Waals surface area contributed by atoms with Crippen LogP contribution in [0.1, 0.15) is 29.8 Å². The third-order valence-electron chi connectivity index (χ3n) is 3.29. The summed E-state index contributed by atoms with van der Waals surface area (Å²) in [6.45, 7) is 0. The van der Waals surface area contributed by atoms with Gasteiger partial charge in [0.2, 0.25) is 0 Å². The summed E-state index contributed by atoms with van der Waals surface area (Å²) >= 11 is 1.64. The summed E-state index contributed by atoms with van der Waals surface area (Å²) in [6.07, 6.45) is 2.88. The Kier molecular flexibility index (Phi) is 2.64. The van der Waals surface area contributed by atoms with E-state index in [0.717, 1.165) is 29.5 Å². The summed E-state index contributed by atoms with van der Waals surface area (Å²) in [7, 11) is 0. The number of aromatic amines is 1. The molecule has 4 N–H and O–H groups in total. The SMILES string of the molecule is N[C@@H]1CC[C@@H](NC(=O)c2cc3sccc3[nH]2)C1. The lowest BCUT2D eigenvalue weighted by atomic mass is 10.2. The summed E-state index contributed by atoms with van der Waals surface area (Å²) in [5.41, 5.74) is 7.50. The van der Waals surface area contributed by atoms with Crippen LogP contribution in [0.3, 0.4) is 0 Å². The second-order valence-electron chi connectivity index (χ2n) is 4.63. The second kappa shape index (κ2) is 4.16. The molecule has 0 unspecified atom stereocenters. The van der Waals surface area contributed by atoms with Crippen LogP contribution < -0.4 is 11.1 Å². The van der Waals surface area contributed by atoms with Crippen molar-refractivity contribution in [2.45, 2.75) is 31.3 Å². The zero-order valence-corrected chi connectivity index (χ0v) is 10.2. The number of hydrogen-bond acceptors (Lipinski definition) is 3. The van der Waals surface area contributed by atoms with Crippen LogP contribution in [0.2, 0.25) is 0 Å². The quantitative estimate of drug-likeness (QED) is 0.760. The maximum atomic E-state index is 12.0. The van der Waals surface area contributed by atoms with Gasteiger partial charge in [-0.3, -0.25) is 4.79 Å². The molecule has 0 saturated heterocycles. The largest absolute Gasteiger partial charge is 0.350 e. The van der Waals surface area contributed by atoms with Crippen molar-refractivity contribution in [2.24, 2.45) is 5.73 Å². The Morgan fingerprint density at radius 3 is 3.12 bits per heavy atom. The van der Waals surface area contributed by atoms with Crippen molar-refractivity contribution >= 4 is 27.5 Å². The van der Waals surface area contributed by atoms with Gasteiger partial charge in [0, 0.05) is 12.1 Å². The molecule has 0 radical (unpaired) electrons. The Labute approximate surface area is 103 Å².